The molecule has 0 radical (unpaired) electrons. The van der Waals surface area contributed by atoms with Crippen LogP contribution in [0.4, 0.5) is 0 Å². The molecule has 3 nitrogen and oxygen atoms in total. The number of ether oxygens (including phenoxy) is 1. The van der Waals surface area contributed by atoms with Gasteiger partial charge in [0.25, 0.3) is 0 Å². The summed E-state index contributed by atoms with van der Waals surface area (Å²) < 4.78 is 5.72. The van der Waals surface area contributed by atoms with Gasteiger partial charge in [0.2, 0.25) is 0 Å². The zero-order chi connectivity index (χ0) is 12.8. The average Bonchev–Trinajstić information content (AvgIpc) is 2.42. The van der Waals surface area contributed by atoms with Crippen molar-refractivity contribution in [2.24, 2.45) is 11.1 Å². The fraction of sp³-hybridized carbons (Fsp3) is 0.600. The predicted octanol–water partition coefficient (Wildman–Crippen LogP) is 2.13. The van der Waals surface area contributed by atoms with Crippen LogP contribution in [-0.2, 0) is 0 Å². The van der Waals surface area contributed by atoms with Crippen molar-refractivity contribution in [1.82, 2.24) is 4.90 Å². The molecule has 1 aliphatic rings. The number of hydrogen-bond acceptors (Lipinski definition) is 3. The Kier molecular flexibility index (Phi) is 4.61. The maximum Gasteiger partial charge on any atom is 0.119 e. The molecule has 3 heteroatoms. The molecule has 1 aromatic rings. The fourth-order valence-electron chi connectivity index (χ4n) is 2.33. The van der Waals surface area contributed by atoms with Crippen molar-refractivity contribution in [3.63, 3.8) is 0 Å². The van der Waals surface area contributed by atoms with E-state index in [9.17, 15) is 0 Å². The molecular weight excluding hydrogens is 224 g/mol. The summed E-state index contributed by atoms with van der Waals surface area (Å²) in [5.41, 5.74) is 6.17. The van der Waals surface area contributed by atoms with Crippen molar-refractivity contribution in [2.75, 3.05) is 32.8 Å². The standard InChI is InChI=1S/C15H24N2O/c1-15(13-16)7-9-17(10-8-15)11-12-18-14-5-3-2-4-6-14/h2-6H,7-13,16H2,1H3. The smallest absolute Gasteiger partial charge is 0.119 e. The summed E-state index contributed by atoms with van der Waals surface area (Å²) in [4.78, 5) is 2.47. The van der Waals surface area contributed by atoms with Crippen LogP contribution in [0.5, 0.6) is 5.75 Å². The van der Waals surface area contributed by atoms with E-state index in [4.69, 9.17) is 10.5 Å². The molecule has 0 aromatic heterocycles. The van der Waals surface area contributed by atoms with Crippen LogP contribution in [0.25, 0.3) is 0 Å². The van der Waals surface area contributed by atoms with Crippen LogP contribution in [0.15, 0.2) is 30.3 Å². The van der Waals surface area contributed by atoms with Crippen LogP contribution in [0.3, 0.4) is 0 Å². The minimum absolute atomic E-state index is 0.358. The molecule has 1 aliphatic heterocycles. The zero-order valence-corrected chi connectivity index (χ0v) is 11.3. The number of likely N-dealkylation sites (tertiary alicyclic amines) is 1. The van der Waals surface area contributed by atoms with Crippen LogP contribution < -0.4 is 10.5 Å². The lowest BCUT2D eigenvalue weighted by atomic mass is 9.80. The van der Waals surface area contributed by atoms with Crippen molar-refractivity contribution in [1.29, 1.82) is 0 Å². The van der Waals surface area contributed by atoms with Gasteiger partial charge >= 0.3 is 0 Å². The molecule has 0 spiro atoms. The first-order valence-electron chi connectivity index (χ1n) is 6.82. The number of para-hydroxylation sites is 1. The first-order valence-corrected chi connectivity index (χ1v) is 6.82. The Balaban J connectivity index is 1.67. The van der Waals surface area contributed by atoms with Gasteiger partial charge in [-0.25, -0.2) is 0 Å². The summed E-state index contributed by atoms with van der Waals surface area (Å²) in [6, 6.07) is 10.0. The lowest BCUT2D eigenvalue weighted by Crippen LogP contribution is -2.43. The Morgan fingerprint density at radius 2 is 1.89 bits per heavy atom. The van der Waals surface area contributed by atoms with Crippen LogP contribution >= 0.6 is 0 Å². The summed E-state index contributed by atoms with van der Waals surface area (Å²) >= 11 is 0. The number of hydrogen-bond donors (Lipinski definition) is 1. The SMILES string of the molecule is CC1(CN)CCN(CCOc2ccccc2)CC1. The molecule has 1 fully saturated rings. The Morgan fingerprint density at radius 3 is 2.50 bits per heavy atom. The van der Waals surface area contributed by atoms with E-state index in [1.807, 2.05) is 30.3 Å². The van der Waals surface area contributed by atoms with Crippen LogP contribution in [0, 0.1) is 5.41 Å². The second kappa shape index (κ2) is 6.21. The van der Waals surface area contributed by atoms with E-state index in [0.717, 1.165) is 38.5 Å². The number of rotatable bonds is 5. The van der Waals surface area contributed by atoms with Crippen molar-refractivity contribution in [2.45, 2.75) is 19.8 Å². The van der Waals surface area contributed by atoms with E-state index in [2.05, 4.69) is 11.8 Å². The molecule has 100 valence electrons. The highest BCUT2D eigenvalue weighted by Gasteiger charge is 2.28. The van der Waals surface area contributed by atoms with Crippen molar-refractivity contribution >= 4 is 0 Å². The second-order valence-electron chi connectivity index (χ2n) is 5.52. The monoisotopic (exact) mass is 248 g/mol. The largest absolute Gasteiger partial charge is 0.492 e. The van der Waals surface area contributed by atoms with Gasteiger partial charge in [-0.15, -0.1) is 0 Å². The quantitative estimate of drug-likeness (QED) is 0.867. The highest BCUT2D eigenvalue weighted by atomic mass is 16.5. The van der Waals surface area contributed by atoms with Crippen molar-refractivity contribution < 1.29 is 4.74 Å². The van der Waals surface area contributed by atoms with Gasteiger partial charge in [0, 0.05) is 6.54 Å². The summed E-state index contributed by atoms with van der Waals surface area (Å²) in [6.45, 7) is 7.17. The van der Waals surface area contributed by atoms with Crippen LogP contribution in [0.2, 0.25) is 0 Å². The number of nitrogens with two attached hydrogens (primary N) is 1. The lowest BCUT2D eigenvalue weighted by molar-refractivity contribution is 0.109. The molecule has 0 unspecified atom stereocenters. The topological polar surface area (TPSA) is 38.5 Å². The first-order chi connectivity index (χ1) is 8.72. The molecule has 2 N–H and O–H groups in total. The van der Waals surface area contributed by atoms with Crippen molar-refractivity contribution in [3.8, 4) is 5.75 Å². The zero-order valence-electron chi connectivity index (χ0n) is 11.3. The average molecular weight is 248 g/mol. The van der Waals surface area contributed by atoms with E-state index in [0.29, 0.717) is 5.41 Å². The molecule has 1 saturated heterocycles. The van der Waals surface area contributed by atoms with Gasteiger partial charge in [0.15, 0.2) is 0 Å². The number of piperidine rings is 1. The van der Waals surface area contributed by atoms with Crippen molar-refractivity contribution in [3.05, 3.63) is 30.3 Å². The number of nitrogens with zero attached hydrogens (tertiary/aromatic N) is 1. The van der Waals surface area contributed by atoms with Gasteiger partial charge in [-0.1, -0.05) is 25.1 Å². The van der Waals surface area contributed by atoms with Gasteiger partial charge in [-0.05, 0) is 50.0 Å². The molecule has 0 amide bonds. The first kappa shape index (κ1) is 13.4. The highest BCUT2D eigenvalue weighted by molar-refractivity contribution is 5.20. The number of benzene rings is 1. The maximum atomic E-state index is 5.82. The molecule has 0 saturated carbocycles. The van der Waals surface area contributed by atoms with Gasteiger partial charge in [0.1, 0.15) is 12.4 Å². The Bertz CT molecular complexity index is 345. The molecule has 0 bridgehead atoms. The molecule has 1 heterocycles. The van der Waals surface area contributed by atoms with Gasteiger partial charge in [-0.2, -0.15) is 0 Å². The van der Waals surface area contributed by atoms with E-state index >= 15 is 0 Å². The van der Waals surface area contributed by atoms with Gasteiger partial charge in [-0.3, -0.25) is 4.90 Å². The Labute approximate surface area is 110 Å². The summed E-state index contributed by atoms with van der Waals surface area (Å²) in [7, 11) is 0. The van der Waals surface area contributed by atoms with E-state index < -0.39 is 0 Å². The molecule has 1 aromatic carbocycles. The minimum atomic E-state index is 0.358. The molecule has 2 rings (SSSR count). The summed E-state index contributed by atoms with van der Waals surface area (Å²) in [6.07, 6.45) is 2.41. The van der Waals surface area contributed by atoms with Crippen LogP contribution in [-0.4, -0.2) is 37.7 Å². The lowest BCUT2D eigenvalue weighted by Gasteiger charge is -2.38. The molecule has 18 heavy (non-hydrogen) atoms. The van der Waals surface area contributed by atoms with Crippen LogP contribution in [0.1, 0.15) is 19.8 Å². The van der Waals surface area contributed by atoms with E-state index in [-0.39, 0.29) is 0 Å². The van der Waals surface area contributed by atoms with E-state index in [1.165, 1.54) is 12.8 Å². The van der Waals surface area contributed by atoms with Gasteiger partial charge < -0.3 is 10.5 Å². The molecular formula is C15H24N2O. The maximum absolute atomic E-state index is 5.82. The third kappa shape index (κ3) is 3.72. The second-order valence-corrected chi connectivity index (χ2v) is 5.52. The summed E-state index contributed by atoms with van der Waals surface area (Å²) in [5, 5.41) is 0. The van der Waals surface area contributed by atoms with E-state index in [1.54, 1.807) is 0 Å². The minimum Gasteiger partial charge on any atom is -0.492 e. The third-order valence-electron chi connectivity index (χ3n) is 3.98. The Morgan fingerprint density at radius 1 is 1.22 bits per heavy atom. The molecule has 0 atom stereocenters. The highest BCUT2D eigenvalue weighted by Crippen LogP contribution is 2.29. The predicted molar refractivity (Wildman–Crippen MR) is 74.8 cm³/mol. The Hall–Kier alpha value is -1.06. The third-order valence-corrected chi connectivity index (χ3v) is 3.98. The molecule has 0 aliphatic carbocycles. The normalized spacial score (nSPS) is 19.7. The summed E-state index contributed by atoms with van der Waals surface area (Å²) in [5.74, 6) is 0.960. The fourth-order valence-corrected chi connectivity index (χ4v) is 2.33. The van der Waals surface area contributed by atoms with Gasteiger partial charge in [0.05, 0.1) is 0 Å².